The molecule has 0 radical (unpaired) electrons. The van der Waals surface area contributed by atoms with Crippen LogP contribution >= 0.6 is 12.2 Å². The van der Waals surface area contributed by atoms with Crippen molar-refractivity contribution in [1.29, 1.82) is 0 Å². The molecule has 1 aliphatic rings. The third-order valence-electron chi connectivity index (χ3n) is 4.41. The van der Waals surface area contributed by atoms with Gasteiger partial charge in [0.15, 0.2) is 5.11 Å². The highest BCUT2D eigenvalue weighted by molar-refractivity contribution is 7.80. The van der Waals surface area contributed by atoms with Gasteiger partial charge in [-0.2, -0.15) is 0 Å². The predicted molar refractivity (Wildman–Crippen MR) is 98.9 cm³/mol. The van der Waals surface area contributed by atoms with E-state index in [1.165, 1.54) is 5.56 Å². The average Bonchev–Trinajstić information content (AvgIpc) is 3.18. The minimum absolute atomic E-state index is 0.0403. The van der Waals surface area contributed by atoms with Crippen LogP contribution in [0.5, 0.6) is 0 Å². The number of thiocarbonyl (C=S) groups is 1. The molecule has 2 atom stereocenters. The van der Waals surface area contributed by atoms with Crippen LogP contribution in [-0.4, -0.2) is 39.8 Å². The van der Waals surface area contributed by atoms with Gasteiger partial charge in [-0.05, 0) is 49.8 Å². The maximum Gasteiger partial charge on any atom is 0.170 e. The maximum absolute atomic E-state index is 5.59. The van der Waals surface area contributed by atoms with Gasteiger partial charge in [-0.1, -0.05) is 6.07 Å². The van der Waals surface area contributed by atoms with E-state index in [0.29, 0.717) is 12.6 Å². The van der Waals surface area contributed by atoms with E-state index < -0.39 is 0 Å². The minimum Gasteiger partial charge on any atom is -0.383 e. The molecule has 0 saturated carbocycles. The first kappa shape index (κ1) is 16.9. The molecule has 1 aliphatic heterocycles. The number of hydrogen-bond acceptors (Lipinski definition) is 3. The van der Waals surface area contributed by atoms with Gasteiger partial charge in [-0.25, -0.2) is 0 Å². The number of ether oxygens (including phenoxy) is 1. The highest BCUT2D eigenvalue weighted by atomic mass is 32.1. The van der Waals surface area contributed by atoms with E-state index in [0.717, 1.165) is 17.4 Å². The molecule has 0 aliphatic carbocycles. The summed E-state index contributed by atoms with van der Waals surface area (Å²) in [6.07, 6.45) is 6.17. The monoisotopic (exact) mass is 344 g/mol. The first-order valence-corrected chi connectivity index (χ1v) is 8.67. The lowest BCUT2D eigenvalue weighted by Gasteiger charge is -2.27. The molecule has 2 unspecified atom stereocenters. The summed E-state index contributed by atoms with van der Waals surface area (Å²) in [4.78, 5) is 6.75. The quantitative estimate of drug-likeness (QED) is 0.816. The number of pyridine rings is 1. The first-order chi connectivity index (χ1) is 11.6. The second-order valence-corrected chi connectivity index (χ2v) is 6.69. The lowest BCUT2D eigenvalue weighted by Crippen LogP contribution is -2.32. The maximum atomic E-state index is 5.59. The van der Waals surface area contributed by atoms with Crippen molar-refractivity contribution in [2.24, 2.45) is 0 Å². The van der Waals surface area contributed by atoms with Crippen molar-refractivity contribution in [3.8, 4) is 0 Å². The molecular formula is C18H24N4OS. The number of aromatic nitrogens is 2. The Morgan fingerprint density at radius 1 is 1.33 bits per heavy atom. The van der Waals surface area contributed by atoms with Crippen molar-refractivity contribution < 1.29 is 4.74 Å². The Hall–Kier alpha value is -1.92. The number of methoxy groups -OCH3 is 1. The van der Waals surface area contributed by atoms with Crippen molar-refractivity contribution in [2.75, 3.05) is 20.3 Å². The Balaban J connectivity index is 1.96. The fourth-order valence-electron chi connectivity index (χ4n) is 3.13. The summed E-state index contributed by atoms with van der Waals surface area (Å²) in [6, 6.07) is 8.76. The molecule has 0 aromatic carbocycles. The van der Waals surface area contributed by atoms with Crippen molar-refractivity contribution in [1.82, 2.24) is 19.8 Å². The van der Waals surface area contributed by atoms with Crippen LogP contribution in [0.1, 0.15) is 43.2 Å². The zero-order valence-corrected chi connectivity index (χ0v) is 15.2. The number of nitrogens with zero attached hydrogens (tertiary/aromatic N) is 3. The molecule has 0 spiro atoms. The molecule has 24 heavy (non-hydrogen) atoms. The Labute approximate surface area is 148 Å². The number of hydrogen-bond donors (Lipinski definition) is 1. The van der Waals surface area contributed by atoms with Gasteiger partial charge >= 0.3 is 0 Å². The van der Waals surface area contributed by atoms with Gasteiger partial charge in [0, 0.05) is 38.3 Å². The minimum atomic E-state index is 0.0403. The van der Waals surface area contributed by atoms with Gasteiger partial charge in [0.1, 0.15) is 0 Å². The molecule has 2 aromatic rings. The number of nitrogens with one attached hydrogen (secondary N) is 1. The highest BCUT2D eigenvalue weighted by Gasteiger charge is 2.39. The van der Waals surface area contributed by atoms with E-state index in [4.69, 9.17) is 17.0 Å². The smallest absolute Gasteiger partial charge is 0.170 e. The molecule has 1 fully saturated rings. The fraction of sp³-hybridized carbons (Fsp3) is 0.444. The van der Waals surface area contributed by atoms with E-state index in [1.807, 2.05) is 24.4 Å². The molecular weight excluding hydrogens is 320 g/mol. The summed E-state index contributed by atoms with van der Waals surface area (Å²) in [6.45, 7) is 5.75. The fourth-order valence-corrected chi connectivity index (χ4v) is 3.46. The van der Waals surface area contributed by atoms with Crippen LogP contribution in [0, 0.1) is 0 Å². The van der Waals surface area contributed by atoms with E-state index in [-0.39, 0.29) is 12.1 Å². The van der Waals surface area contributed by atoms with Crippen molar-refractivity contribution in [3.63, 3.8) is 0 Å². The molecule has 3 rings (SSSR count). The first-order valence-electron chi connectivity index (χ1n) is 8.26. The molecule has 5 nitrogen and oxygen atoms in total. The molecule has 128 valence electrons. The second-order valence-electron chi connectivity index (χ2n) is 6.30. The molecule has 0 bridgehead atoms. The van der Waals surface area contributed by atoms with E-state index in [2.05, 4.69) is 52.1 Å². The summed E-state index contributed by atoms with van der Waals surface area (Å²) in [7, 11) is 1.72. The van der Waals surface area contributed by atoms with Crippen LogP contribution in [0.3, 0.4) is 0 Å². The Bertz CT molecular complexity index is 685. The van der Waals surface area contributed by atoms with Crippen molar-refractivity contribution in [3.05, 3.63) is 54.1 Å². The summed E-state index contributed by atoms with van der Waals surface area (Å²) in [5.74, 6) is 0. The predicted octanol–water partition coefficient (Wildman–Crippen LogP) is 3.08. The second kappa shape index (κ2) is 7.32. The normalized spacial score (nSPS) is 20.7. The molecule has 2 aromatic heterocycles. The number of rotatable bonds is 6. The lowest BCUT2D eigenvalue weighted by atomic mass is 9.99. The summed E-state index contributed by atoms with van der Waals surface area (Å²) < 4.78 is 7.49. The van der Waals surface area contributed by atoms with Gasteiger partial charge in [-0.15, -0.1) is 0 Å². The van der Waals surface area contributed by atoms with Crippen molar-refractivity contribution in [2.45, 2.75) is 32.0 Å². The van der Waals surface area contributed by atoms with Crippen LogP contribution in [0.4, 0.5) is 0 Å². The zero-order valence-electron chi connectivity index (χ0n) is 14.3. The van der Waals surface area contributed by atoms with Crippen LogP contribution in [0.2, 0.25) is 0 Å². The summed E-state index contributed by atoms with van der Waals surface area (Å²) >= 11 is 5.59. The summed E-state index contributed by atoms with van der Waals surface area (Å²) in [5, 5.41) is 4.20. The largest absolute Gasteiger partial charge is 0.383 e. The average molecular weight is 344 g/mol. The molecule has 0 amide bonds. The van der Waals surface area contributed by atoms with Gasteiger partial charge < -0.3 is 19.5 Å². The lowest BCUT2D eigenvalue weighted by molar-refractivity contribution is 0.164. The zero-order chi connectivity index (χ0) is 17.1. The van der Waals surface area contributed by atoms with Crippen LogP contribution in [-0.2, 0) is 4.74 Å². The van der Waals surface area contributed by atoms with Gasteiger partial charge in [0.2, 0.25) is 0 Å². The molecule has 1 saturated heterocycles. The standard InChI is InChI=1S/C18H24N4OS/c1-13(2)21-9-7-14(12-21)17-16(15-6-4-5-8-19-15)20-18(24)22(17)10-11-23-3/h4-9,12-13,16-17H,10-11H2,1-3H3,(H,20,24). The van der Waals surface area contributed by atoms with Crippen LogP contribution < -0.4 is 5.32 Å². The van der Waals surface area contributed by atoms with Crippen LogP contribution in [0.25, 0.3) is 0 Å². The van der Waals surface area contributed by atoms with Gasteiger partial charge in [0.05, 0.1) is 24.4 Å². The highest BCUT2D eigenvalue weighted by Crippen LogP contribution is 2.38. The SMILES string of the molecule is COCCN1C(=S)NC(c2ccccn2)C1c1ccn(C(C)C)c1. The third-order valence-corrected chi connectivity index (χ3v) is 4.76. The van der Waals surface area contributed by atoms with E-state index >= 15 is 0 Å². The molecule has 3 heterocycles. The van der Waals surface area contributed by atoms with Gasteiger partial charge in [-0.3, -0.25) is 4.98 Å². The van der Waals surface area contributed by atoms with Gasteiger partial charge in [0.25, 0.3) is 0 Å². The van der Waals surface area contributed by atoms with Crippen molar-refractivity contribution >= 4 is 17.3 Å². The Morgan fingerprint density at radius 2 is 2.17 bits per heavy atom. The van der Waals surface area contributed by atoms with Crippen LogP contribution in [0.15, 0.2) is 42.9 Å². The summed E-state index contributed by atoms with van der Waals surface area (Å²) in [5.41, 5.74) is 2.24. The van der Waals surface area contributed by atoms with E-state index in [9.17, 15) is 0 Å². The van der Waals surface area contributed by atoms with E-state index in [1.54, 1.807) is 7.11 Å². The Kier molecular flexibility index (Phi) is 5.16. The topological polar surface area (TPSA) is 42.3 Å². The molecule has 1 N–H and O–H groups in total. The Morgan fingerprint density at radius 3 is 2.79 bits per heavy atom. The molecule has 6 heteroatoms. The third kappa shape index (κ3) is 3.30.